The number of carbonyl (C=O) groups is 11. The number of carbonyl (C=O) groups excluding carboxylic acids is 11. The summed E-state index contributed by atoms with van der Waals surface area (Å²) in [5.74, 6) is -9.94. The molecule has 29 nitrogen and oxygen atoms in total. The second-order valence-electron chi connectivity index (χ2n) is 21.5. The molecule has 2 unspecified atom stereocenters. The zero-order chi connectivity index (χ0) is 62.9. The number of amides is 11. The standard InChI is InChI=1S/C55H96N16O13/c1-6-7-8-9-13-16-43(74)62-35(17-23-56)50(79)71-45(33(5)73)55(84)67-38(20-26-59)47(76)66-40-22-28-61-54(83)44(32(4)72)70-51(80)39(21-27-60)64-46(75)36(18-24-57)65-52(81)41(29-31(2)3)68-53(82)42(30-34-14-11-10-12-15-34)69-48(77)37(19-25-58)63-49(40)78/h10-12,14-15,31-33,35-42,44-45,72-73H,6-9,13,16-30,56-60H2,1-5H3,(H,61,83)(H,62,74)(H,63,78)(H,64,75)(H,65,81)(H,66,76)(H,67,84)(H,68,82)(H,69,77)(H,70,80)(H,71,79)/t32-,33-,35+,36+,37+,38+,39+,40?,41+,42-,44+,45?/m1/s1. The van der Waals surface area contributed by atoms with E-state index in [1.807, 2.05) is 0 Å². The normalized spacial score (nSPS) is 22.6. The lowest BCUT2D eigenvalue weighted by Crippen LogP contribution is -2.62. The maximum absolute atomic E-state index is 14.5. The van der Waals surface area contributed by atoms with Crippen molar-refractivity contribution >= 4 is 65.0 Å². The Kier molecular flexibility index (Phi) is 34.5. The van der Waals surface area contributed by atoms with E-state index >= 15 is 0 Å². The predicted molar refractivity (Wildman–Crippen MR) is 312 cm³/mol. The van der Waals surface area contributed by atoms with Gasteiger partial charge in [0.2, 0.25) is 65.0 Å². The van der Waals surface area contributed by atoms with Gasteiger partial charge in [0.05, 0.1) is 12.2 Å². The number of hydrogen-bond donors (Lipinski definition) is 18. The molecule has 1 fully saturated rings. The van der Waals surface area contributed by atoms with Crippen molar-refractivity contribution in [1.82, 2.24) is 58.5 Å². The van der Waals surface area contributed by atoms with Gasteiger partial charge in [0.25, 0.3) is 0 Å². The van der Waals surface area contributed by atoms with Crippen LogP contribution in [0.25, 0.3) is 0 Å². The third-order valence-electron chi connectivity index (χ3n) is 13.7. The van der Waals surface area contributed by atoms with E-state index in [9.17, 15) is 63.0 Å². The van der Waals surface area contributed by atoms with Crippen LogP contribution in [-0.4, -0.2) is 187 Å². The van der Waals surface area contributed by atoms with Crippen LogP contribution < -0.4 is 87.2 Å². The molecule has 474 valence electrons. The summed E-state index contributed by atoms with van der Waals surface area (Å²) in [5.41, 5.74) is 29.9. The molecule has 0 spiro atoms. The van der Waals surface area contributed by atoms with Crippen LogP contribution in [-0.2, 0) is 59.2 Å². The Labute approximate surface area is 491 Å². The zero-order valence-corrected chi connectivity index (χ0v) is 49.3. The van der Waals surface area contributed by atoms with Crippen LogP contribution in [0.5, 0.6) is 0 Å². The van der Waals surface area contributed by atoms with Crippen molar-refractivity contribution < 1.29 is 63.0 Å². The average molecular weight is 1190 g/mol. The summed E-state index contributed by atoms with van der Waals surface area (Å²) >= 11 is 0. The van der Waals surface area contributed by atoms with Crippen LogP contribution in [0.4, 0.5) is 0 Å². The molecular weight excluding hydrogens is 1090 g/mol. The maximum Gasteiger partial charge on any atom is 0.245 e. The number of aliphatic hydroxyl groups is 2. The summed E-state index contributed by atoms with van der Waals surface area (Å²) in [6.45, 7) is 6.87. The molecule has 29 heteroatoms. The largest absolute Gasteiger partial charge is 0.391 e. The molecule has 12 atom stereocenters. The van der Waals surface area contributed by atoms with Gasteiger partial charge in [-0.1, -0.05) is 76.8 Å². The molecule has 0 bridgehead atoms. The predicted octanol–water partition coefficient (Wildman–Crippen LogP) is -5.49. The van der Waals surface area contributed by atoms with Crippen molar-refractivity contribution in [2.45, 2.75) is 197 Å². The second-order valence-corrected chi connectivity index (χ2v) is 21.5. The van der Waals surface area contributed by atoms with Gasteiger partial charge in [-0.15, -0.1) is 0 Å². The summed E-state index contributed by atoms with van der Waals surface area (Å²) in [6.07, 6.45) is 0.0313. The van der Waals surface area contributed by atoms with Crippen molar-refractivity contribution in [2.24, 2.45) is 34.6 Å². The quantitative estimate of drug-likeness (QED) is 0.0333. The summed E-state index contributed by atoms with van der Waals surface area (Å²) in [7, 11) is 0. The average Bonchev–Trinajstić information content (AvgIpc) is 3.44. The molecule has 0 saturated carbocycles. The monoisotopic (exact) mass is 1190 g/mol. The maximum atomic E-state index is 14.5. The summed E-state index contributed by atoms with van der Waals surface area (Å²) < 4.78 is 0. The Hall–Kier alpha value is -6.89. The van der Waals surface area contributed by atoms with Gasteiger partial charge in [-0.3, -0.25) is 52.7 Å². The van der Waals surface area contributed by atoms with Crippen molar-refractivity contribution in [3.8, 4) is 0 Å². The first-order valence-electron chi connectivity index (χ1n) is 29.2. The van der Waals surface area contributed by atoms with E-state index in [2.05, 4.69) is 65.4 Å². The summed E-state index contributed by atoms with van der Waals surface area (Å²) in [4.78, 5) is 154. The van der Waals surface area contributed by atoms with Gasteiger partial charge in [0.1, 0.15) is 60.4 Å². The number of nitrogens with two attached hydrogens (primary N) is 5. The Morgan fingerprint density at radius 1 is 0.560 bits per heavy atom. The number of hydrogen-bond acceptors (Lipinski definition) is 18. The SMILES string of the molecule is CCCCCCCC(=O)N[C@@H](CCN)C(=O)NC(C(=O)N[C@@H](CCN)C(=O)NC1CCNC(=O)[C@H]([C@@H](C)O)NC(=O)[C@H](CCN)NC(=O)[C@H](CCN)NC(=O)[C@H](CC(C)C)NC(=O)[C@@H](Cc2ccccc2)NC(=O)[C@H](CCN)NC1=O)[C@@H](C)O. The van der Waals surface area contributed by atoms with Gasteiger partial charge in [-0.2, -0.15) is 0 Å². The second kappa shape index (κ2) is 39.6. The first-order chi connectivity index (χ1) is 39.9. The fraction of sp³-hybridized carbons (Fsp3) is 0.691. The number of benzene rings is 1. The van der Waals surface area contributed by atoms with Crippen molar-refractivity contribution in [3.05, 3.63) is 35.9 Å². The zero-order valence-electron chi connectivity index (χ0n) is 49.3. The smallest absolute Gasteiger partial charge is 0.245 e. The third-order valence-corrected chi connectivity index (χ3v) is 13.7. The number of unbranched alkanes of at least 4 members (excludes halogenated alkanes) is 4. The van der Waals surface area contributed by atoms with E-state index in [1.165, 1.54) is 13.8 Å². The van der Waals surface area contributed by atoms with Crippen LogP contribution >= 0.6 is 0 Å². The van der Waals surface area contributed by atoms with Crippen LogP contribution in [0.3, 0.4) is 0 Å². The van der Waals surface area contributed by atoms with E-state index < -0.39 is 151 Å². The highest BCUT2D eigenvalue weighted by Gasteiger charge is 2.37. The number of rotatable bonds is 29. The molecule has 1 heterocycles. The highest BCUT2D eigenvalue weighted by atomic mass is 16.3. The molecule has 0 aliphatic carbocycles. The fourth-order valence-electron chi connectivity index (χ4n) is 9.03. The molecule has 1 aromatic rings. The van der Waals surface area contributed by atoms with E-state index in [1.54, 1.807) is 44.2 Å². The third kappa shape index (κ3) is 26.4. The number of aliphatic hydroxyl groups excluding tert-OH is 2. The molecule has 0 aromatic heterocycles. The van der Waals surface area contributed by atoms with Crippen LogP contribution in [0.2, 0.25) is 0 Å². The minimum atomic E-state index is -1.70. The molecular formula is C55H96N16O13. The Bertz CT molecular complexity index is 2280. The van der Waals surface area contributed by atoms with E-state index in [0.29, 0.717) is 12.0 Å². The Balaban J connectivity index is 2.68. The topological polar surface area (TPSA) is 491 Å². The van der Waals surface area contributed by atoms with Crippen molar-refractivity contribution in [1.29, 1.82) is 0 Å². The van der Waals surface area contributed by atoms with Crippen LogP contribution in [0.1, 0.15) is 124 Å². The van der Waals surface area contributed by atoms with E-state index in [-0.39, 0.29) is 90.0 Å². The number of nitrogens with one attached hydrogen (secondary N) is 11. The fourth-order valence-corrected chi connectivity index (χ4v) is 9.03. The minimum absolute atomic E-state index is 0.0143. The van der Waals surface area contributed by atoms with Gasteiger partial charge < -0.3 is 97.4 Å². The first-order valence-corrected chi connectivity index (χ1v) is 29.2. The van der Waals surface area contributed by atoms with Gasteiger partial charge in [0, 0.05) is 19.4 Å². The van der Waals surface area contributed by atoms with Crippen LogP contribution in [0.15, 0.2) is 30.3 Å². The summed E-state index contributed by atoms with van der Waals surface area (Å²) in [5, 5.41) is 49.6. The molecule has 0 radical (unpaired) electrons. The molecule has 2 rings (SSSR count). The highest BCUT2D eigenvalue weighted by molar-refractivity contribution is 5.99. The van der Waals surface area contributed by atoms with E-state index in [4.69, 9.17) is 28.7 Å². The van der Waals surface area contributed by atoms with Gasteiger partial charge in [-0.05, 0) is 109 Å². The van der Waals surface area contributed by atoms with Gasteiger partial charge in [0.15, 0.2) is 0 Å². The van der Waals surface area contributed by atoms with Crippen molar-refractivity contribution in [2.75, 3.05) is 39.3 Å². The molecule has 1 aromatic carbocycles. The van der Waals surface area contributed by atoms with Gasteiger partial charge in [-0.25, -0.2) is 0 Å². The lowest BCUT2D eigenvalue weighted by molar-refractivity contribution is -0.137. The molecule has 23 N–H and O–H groups in total. The summed E-state index contributed by atoms with van der Waals surface area (Å²) in [6, 6.07) is -6.22. The highest BCUT2D eigenvalue weighted by Crippen LogP contribution is 2.12. The molecule has 1 aliphatic heterocycles. The lowest BCUT2D eigenvalue weighted by Gasteiger charge is -2.29. The van der Waals surface area contributed by atoms with E-state index in [0.717, 1.165) is 25.7 Å². The minimum Gasteiger partial charge on any atom is -0.391 e. The molecule has 11 amide bonds. The Morgan fingerprint density at radius 3 is 1.56 bits per heavy atom. The van der Waals surface area contributed by atoms with Crippen molar-refractivity contribution in [3.63, 3.8) is 0 Å². The van der Waals surface area contributed by atoms with Crippen LogP contribution in [0, 0.1) is 5.92 Å². The molecule has 84 heavy (non-hydrogen) atoms. The molecule has 1 aliphatic rings. The molecule has 1 saturated heterocycles. The Morgan fingerprint density at radius 2 is 1.05 bits per heavy atom. The lowest BCUT2D eigenvalue weighted by atomic mass is 10.00. The van der Waals surface area contributed by atoms with Gasteiger partial charge >= 0.3 is 0 Å². The first kappa shape index (κ1) is 73.2.